The van der Waals surface area contributed by atoms with E-state index < -0.39 is 6.04 Å². The SMILES string of the molecule is COc1cc(CN[C@@H](C(N)=O)c2ccccc2)ccc1C. The van der Waals surface area contributed by atoms with Crippen molar-refractivity contribution in [2.24, 2.45) is 5.73 Å². The summed E-state index contributed by atoms with van der Waals surface area (Å²) in [6.07, 6.45) is 0. The predicted octanol–water partition coefficient (Wildman–Crippen LogP) is 2.32. The average Bonchev–Trinajstić information content (AvgIpc) is 2.49. The molecule has 21 heavy (non-hydrogen) atoms. The van der Waals surface area contributed by atoms with Crippen LogP contribution in [0.5, 0.6) is 5.75 Å². The van der Waals surface area contributed by atoms with E-state index in [0.29, 0.717) is 6.54 Å². The summed E-state index contributed by atoms with van der Waals surface area (Å²) in [4.78, 5) is 11.6. The summed E-state index contributed by atoms with van der Waals surface area (Å²) in [6.45, 7) is 2.53. The highest BCUT2D eigenvalue weighted by molar-refractivity contribution is 5.81. The molecule has 0 fully saturated rings. The molecule has 0 aliphatic rings. The van der Waals surface area contributed by atoms with Gasteiger partial charge in [-0.1, -0.05) is 42.5 Å². The largest absolute Gasteiger partial charge is 0.496 e. The molecule has 0 saturated heterocycles. The number of ether oxygens (including phenoxy) is 1. The molecule has 0 saturated carbocycles. The number of nitrogens with one attached hydrogen (secondary N) is 1. The number of rotatable bonds is 6. The molecule has 0 unspecified atom stereocenters. The smallest absolute Gasteiger partial charge is 0.239 e. The second-order valence-corrected chi connectivity index (χ2v) is 4.93. The number of primary amides is 1. The van der Waals surface area contributed by atoms with E-state index in [-0.39, 0.29) is 5.91 Å². The molecule has 4 heteroatoms. The van der Waals surface area contributed by atoms with Crippen LogP contribution >= 0.6 is 0 Å². The van der Waals surface area contributed by atoms with E-state index in [0.717, 1.165) is 22.4 Å². The van der Waals surface area contributed by atoms with E-state index in [1.807, 2.05) is 55.5 Å². The van der Waals surface area contributed by atoms with Crippen molar-refractivity contribution in [2.45, 2.75) is 19.5 Å². The van der Waals surface area contributed by atoms with Gasteiger partial charge in [0.15, 0.2) is 0 Å². The van der Waals surface area contributed by atoms with Gasteiger partial charge in [0, 0.05) is 6.54 Å². The number of hydrogen-bond donors (Lipinski definition) is 2. The van der Waals surface area contributed by atoms with Crippen molar-refractivity contribution >= 4 is 5.91 Å². The Morgan fingerprint density at radius 2 is 1.95 bits per heavy atom. The first-order valence-corrected chi connectivity index (χ1v) is 6.83. The maximum Gasteiger partial charge on any atom is 0.239 e. The van der Waals surface area contributed by atoms with E-state index in [1.165, 1.54) is 0 Å². The lowest BCUT2D eigenvalue weighted by Crippen LogP contribution is -2.33. The molecule has 0 radical (unpaired) electrons. The van der Waals surface area contributed by atoms with Crippen LogP contribution in [-0.2, 0) is 11.3 Å². The van der Waals surface area contributed by atoms with Crippen LogP contribution in [0.1, 0.15) is 22.7 Å². The number of amides is 1. The Kier molecular flexibility index (Phi) is 4.95. The zero-order valence-electron chi connectivity index (χ0n) is 12.3. The van der Waals surface area contributed by atoms with Gasteiger partial charge in [0.05, 0.1) is 7.11 Å². The van der Waals surface area contributed by atoms with Gasteiger partial charge in [-0.25, -0.2) is 0 Å². The summed E-state index contributed by atoms with van der Waals surface area (Å²) in [7, 11) is 1.65. The molecule has 0 aliphatic carbocycles. The summed E-state index contributed by atoms with van der Waals surface area (Å²) in [6, 6.07) is 14.9. The number of hydrogen-bond acceptors (Lipinski definition) is 3. The first kappa shape index (κ1) is 15.1. The lowest BCUT2D eigenvalue weighted by atomic mass is 10.1. The number of benzene rings is 2. The molecule has 110 valence electrons. The van der Waals surface area contributed by atoms with Crippen molar-refractivity contribution in [3.63, 3.8) is 0 Å². The summed E-state index contributed by atoms with van der Waals surface area (Å²) in [5.74, 6) is 0.449. The minimum atomic E-state index is -0.501. The quantitative estimate of drug-likeness (QED) is 0.855. The summed E-state index contributed by atoms with van der Waals surface area (Å²) in [5.41, 5.74) is 8.47. The molecular formula is C17H20N2O2. The van der Waals surface area contributed by atoms with Crippen LogP contribution in [0, 0.1) is 6.92 Å². The summed E-state index contributed by atoms with van der Waals surface area (Å²) < 4.78 is 5.31. The molecule has 0 heterocycles. The van der Waals surface area contributed by atoms with Gasteiger partial charge in [-0.3, -0.25) is 10.1 Å². The number of nitrogens with two attached hydrogens (primary N) is 1. The van der Waals surface area contributed by atoms with E-state index in [1.54, 1.807) is 7.11 Å². The van der Waals surface area contributed by atoms with E-state index >= 15 is 0 Å². The molecule has 4 nitrogen and oxygen atoms in total. The first-order chi connectivity index (χ1) is 10.1. The minimum Gasteiger partial charge on any atom is -0.496 e. The zero-order chi connectivity index (χ0) is 15.2. The monoisotopic (exact) mass is 284 g/mol. The third-order valence-corrected chi connectivity index (χ3v) is 3.40. The predicted molar refractivity (Wildman–Crippen MR) is 82.9 cm³/mol. The van der Waals surface area contributed by atoms with Crippen molar-refractivity contribution in [2.75, 3.05) is 7.11 Å². The van der Waals surface area contributed by atoms with Gasteiger partial charge >= 0.3 is 0 Å². The molecule has 0 aliphatic heterocycles. The van der Waals surface area contributed by atoms with Crippen LogP contribution in [0.3, 0.4) is 0 Å². The van der Waals surface area contributed by atoms with Crippen molar-refractivity contribution in [1.82, 2.24) is 5.32 Å². The number of carbonyl (C=O) groups excluding carboxylic acids is 1. The molecule has 0 spiro atoms. The van der Waals surface area contributed by atoms with Crippen LogP contribution in [0.15, 0.2) is 48.5 Å². The van der Waals surface area contributed by atoms with Gasteiger partial charge < -0.3 is 10.5 Å². The first-order valence-electron chi connectivity index (χ1n) is 6.83. The third kappa shape index (κ3) is 3.83. The molecule has 0 bridgehead atoms. The Balaban J connectivity index is 2.11. The average molecular weight is 284 g/mol. The Morgan fingerprint density at radius 3 is 2.57 bits per heavy atom. The van der Waals surface area contributed by atoms with Crippen LogP contribution < -0.4 is 15.8 Å². The highest BCUT2D eigenvalue weighted by Gasteiger charge is 2.16. The topological polar surface area (TPSA) is 64.3 Å². The van der Waals surface area contributed by atoms with Crippen LogP contribution in [0.4, 0.5) is 0 Å². The van der Waals surface area contributed by atoms with Crippen molar-refractivity contribution in [1.29, 1.82) is 0 Å². The Bertz CT molecular complexity index is 611. The molecular weight excluding hydrogens is 264 g/mol. The second-order valence-electron chi connectivity index (χ2n) is 4.93. The Labute approximate surface area is 124 Å². The lowest BCUT2D eigenvalue weighted by molar-refractivity contribution is -0.120. The fraction of sp³-hybridized carbons (Fsp3) is 0.235. The van der Waals surface area contributed by atoms with Gasteiger partial charge in [-0.15, -0.1) is 0 Å². The van der Waals surface area contributed by atoms with Gasteiger partial charge in [-0.05, 0) is 29.7 Å². The van der Waals surface area contributed by atoms with Gasteiger partial charge in [0.2, 0.25) is 5.91 Å². The fourth-order valence-corrected chi connectivity index (χ4v) is 2.22. The van der Waals surface area contributed by atoms with Crippen molar-refractivity contribution in [3.05, 3.63) is 65.2 Å². The van der Waals surface area contributed by atoms with Crippen LogP contribution in [0.2, 0.25) is 0 Å². The van der Waals surface area contributed by atoms with Gasteiger partial charge in [-0.2, -0.15) is 0 Å². The van der Waals surface area contributed by atoms with Crippen LogP contribution in [-0.4, -0.2) is 13.0 Å². The summed E-state index contributed by atoms with van der Waals surface area (Å²) in [5, 5.41) is 3.19. The number of carbonyl (C=O) groups is 1. The fourth-order valence-electron chi connectivity index (χ4n) is 2.22. The maximum atomic E-state index is 11.6. The zero-order valence-corrected chi connectivity index (χ0v) is 12.3. The molecule has 1 atom stereocenters. The molecule has 0 aromatic heterocycles. The van der Waals surface area contributed by atoms with E-state index in [4.69, 9.17) is 10.5 Å². The highest BCUT2D eigenvalue weighted by atomic mass is 16.5. The summed E-state index contributed by atoms with van der Waals surface area (Å²) >= 11 is 0. The van der Waals surface area contributed by atoms with E-state index in [2.05, 4.69) is 5.32 Å². The number of aryl methyl sites for hydroxylation is 1. The van der Waals surface area contributed by atoms with Crippen molar-refractivity contribution in [3.8, 4) is 5.75 Å². The van der Waals surface area contributed by atoms with Gasteiger partial charge in [0.25, 0.3) is 0 Å². The standard InChI is InChI=1S/C17H20N2O2/c1-12-8-9-13(10-15(12)21-2)11-19-16(17(18)20)14-6-4-3-5-7-14/h3-10,16,19H,11H2,1-2H3,(H2,18,20)/t16-/m1/s1. The minimum absolute atomic E-state index is 0.389. The molecule has 2 aromatic rings. The third-order valence-electron chi connectivity index (χ3n) is 3.40. The lowest BCUT2D eigenvalue weighted by Gasteiger charge is -2.16. The van der Waals surface area contributed by atoms with Crippen molar-refractivity contribution < 1.29 is 9.53 Å². The number of methoxy groups -OCH3 is 1. The molecule has 2 aromatic carbocycles. The maximum absolute atomic E-state index is 11.6. The second kappa shape index (κ2) is 6.90. The molecule has 3 N–H and O–H groups in total. The van der Waals surface area contributed by atoms with Gasteiger partial charge in [0.1, 0.15) is 11.8 Å². The molecule has 1 amide bonds. The normalized spacial score (nSPS) is 11.9. The van der Waals surface area contributed by atoms with E-state index in [9.17, 15) is 4.79 Å². The van der Waals surface area contributed by atoms with Crippen LogP contribution in [0.25, 0.3) is 0 Å². The molecule has 2 rings (SSSR count). The Hall–Kier alpha value is -2.33. The highest BCUT2D eigenvalue weighted by Crippen LogP contribution is 2.20. The Morgan fingerprint density at radius 1 is 1.24 bits per heavy atom.